The van der Waals surface area contributed by atoms with Gasteiger partial charge in [0.1, 0.15) is 5.75 Å². The molecule has 0 radical (unpaired) electrons. The zero-order valence-electron chi connectivity index (χ0n) is 15.9. The molecule has 1 atom stereocenters. The van der Waals surface area contributed by atoms with E-state index in [0.29, 0.717) is 25.5 Å². The highest BCUT2D eigenvalue weighted by atomic mass is 16.5. The lowest BCUT2D eigenvalue weighted by molar-refractivity contribution is -0.117. The van der Waals surface area contributed by atoms with Gasteiger partial charge in [-0.15, -0.1) is 0 Å². The number of nitrogens with one attached hydrogen (secondary N) is 2. The van der Waals surface area contributed by atoms with Gasteiger partial charge in [-0.3, -0.25) is 14.8 Å². The molecule has 1 amide bonds. The van der Waals surface area contributed by atoms with E-state index in [1.165, 1.54) is 0 Å². The molecule has 0 spiro atoms. The molecule has 3 rings (SSSR count). The number of nitrogens with zero attached hydrogens (tertiary/aromatic N) is 3. The number of pyridine rings is 1. The molecule has 1 unspecified atom stereocenters. The molecular formula is C20H25N5O2. The van der Waals surface area contributed by atoms with E-state index in [4.69, 9.17) is 4.74 Å². The van der Waals surface area contributed by atoms with Crippen LogP contribution in [0.1, 0.15) is 17.7 Å². The predicted octanol–water partition coefficient (Wildman–Crippen LogP) is 1.87. The summed E-state index contributed by atoms with van der Waals surface area (Å²) in [7, 11) is 3.34. The summed E-state index contributed by atoms with van der Waals surface area (Å²) in [4.78, 5) is 22.9. The molecule has 1 aromatic carbocycles. The van der Waals surface area contributed by atoms with Crippen LogP contribution in [0.15, 0.2) is 47.6 Å². The van der Waals surface area contributed by atoms with E-state index in [1.807, 2.05) is 43.3 Å². The largest absolute Gasteiger partial charge is 0.497 e. The third-order valence-electron chi connectivity index (χ3n) is 4.60. The van der Waals surface area contributed by atoms with E-state index in [1.54, 1.807) is 25.3 Å². The Bertz CT molecular complexity index is 837. The minimum Gasteiger partial charge on any atom is -0.497 e. The van der Waals surface area contributed by atoms with Crippen molar-refractivity contribution in [2.45, 2.75) is 25.9 Å². The van der Waals surface area contributed by atoms with Crippen LogP contribution in [0.3, 0.4) is 0 Å². The summed E-state index contributed by atoms with van der Waals surface area (Å²) in [6.45, 7) is 3.18. The van der Waals surface area contributed by atoms with Gasteiger partial charge in [0.2, 0.25) is 5.91 Å². The molecule has 0 aliphatic carbocycles. The first-order chi connectivity index (χ1) is 13.1. The summed E-state index contributed by atoms with van der Waals surface area (Å²) in [6.07, 6.45) is 2.20. The van der Waals surface area contributed by atoms with Crippen LogP contribution < -0.4 is 20.3 Å². The molecule has 2 aromatic rings. The third-order valence-corrected chi connectivity index (χ3v) is 4.60. The minimum atomic E-state index is -0.0141. The molecular weight excluding hydrogens is 342 g/mol. The predicted molar refractivity (Wildman–Crippen MR) is 106 cm³/mol. The monoisotopic (exact) mass is 367 g/mol. The van der Waals surface area contributed by atoms with Crippen molar-refractivity contribution in [3.05, 3.63) is 53.9 Å². The van der Waals surface area contributed by atoms with Crippen LogP contribution in [0.5, 0.6) is 5.75 Å². The van der Waals surface area contributed by atoms with Crippen molar-refractivity contribution in [1.29, 1.82) is 0 Å². The van der Waals surface area contributed by atoms with Gasteiger partial charge in [-0.25, -0.2) is 0 Å². The summed E-state index contributed by atoms with van der Waals surface area (Å²) < 4.78 is 5.25. The van der Waals surface area contributed by atoms with Gasteiger partial charge in [0.15, 0.2) is 5.96 Å². The highest BCUT2D eigenvalue weighted by Crippen LogP contribution is 2.25. The zero-order chi connectivity index (χ0) is 19.2. The molecule has 0 saturated carbocycles. The van der Waals surface area contributed by atoms with Crippen LogP contribution in [0, 0.1) is 6.92 Å². The fraction of sp³-hybridized carbons (Fsp3) is 0.350. The zero-order valence-corrected chi connectivity index (χ0v) is 15.9. The van der Waals surface area contributed by atoms with E-state index in [2.05, 4.69) is 20.6 Å². The Balaban J connectivity index is 1.60. The number of amides is 1. The van der Waals surface area contributed by atoms with E-state index < -0.39 is 0 Å². The number of benzene rings is 1. The van der Waals surface area contributed by atoms with Crippen molar-refractivity contribution in [3.63, 3.8) is 0 Å². The quantitative estimate of drug-likeness (QED) is 0.623. The lowest BCUT2D eigenvalue weighted by Crippen LogP contribution is -2.44. The number of hydrogen-bond acceptors (Lipinski definition) is 4. The number of aliphatic imine (C=N–C) groups is 1. The molecule has 27 heavy (non-hydrogen) atoms. The highest BCUT2D eigenvalue weighted by molar-refractivity contribution is 5.97. The number of aryl methyl sites for hydroxylation is 1. The Hall–Kier alpha value is -3.09. The number of guanidine groups is 1. The van der Waals surface area contributed by atoms with Crippen molar-refractivity contribution < 1.29 is 9.53 Å². The van der Waals surface area contributed by atoms with E-state index in [0.717, 1.165) is 22.7 Å². The second-order valence-corrected chi connectivity index (χ2v) is 6.44. The van der Waals surface area contributed by atoms with Gasteiger partial charge in [-0.1, -0.05) is 12.1 Å². The SMILES string of the molecule is CN=C(NCc1ncccc1C)NC1CC(=O)N(c2cccc(OC)c2)C1. The summed E-state index contributed by atoms with van der Waals surface area (Å²) >= 11 is 0. The van der Waals surface area contributed by atoms with Gasteiger partial charge in [-0.2, -0.15) is 0 Å². The first-order valence-corrected chi connectivity index (χ1v) is 8.93. The molecule has 2 heterocycles. The summed E-state index contributed by atoms with van der Waals surface area (Å²) in [5.41, 5.74) is 2.94. The standard InChI is InChI=1S/C20H25N5O2/c1-14-6-5-9-22-18(14)12-23-20(21-2)24-15-10-19(26)25(13-15)16-7-4-8-17(11-16)27-3/h4-9,11,15H,10,12-13H2,1-3H3,(H2,21,23,24). The summed E-state index contributed by atoms with van der Waals surface area (Å²) in [5.74, 6) is 1.47. The van der Waals surface area contributed by atoms with Crippen LogP contribution in [0.4, 0.5) is 5.69 Å². The second kappa shape index (κ2) is 8.53. The van der Waals surface area contributed by atoms with Gasteiger partial charge < -0.3 is 20.3 Å². The second-order valence-electron chi connectivity index (χ2n) is 6.44. The summed E-state index contributed by atoms with van der Waals surface area (Å²) in [5, 5.41) is 6.60. The molecule has 1 aliphatic heterocycles. The van der Waals surface area contributed by atoms with E-state index in [-0.39, 0.29) is 11.9 Å². The first-order valence-electron chi connectivity index (χ1n) is 8.93. The average Bonchev–Trinajstić information content (AvgIpc) is 3.06. The van der Waals surface area contributed by atoms with Crippen LogP contribution in [0.25, 0.3) is 0 Å². The van der Waals surface area contributed by atoms with Crippen LogP contribution in [-0.4, -0.2) is 43.6 Å². The number of methoxy groups -OCH3 is 1. The maximum atomic E-state index is 12.5. The van der Waals surface area contributed by atoms with Crippen molar-refractivity contribution in [2.24, 2.45) is 4.99 Å². The Labute approximate surface area is 159 Å². The molecule has 1 saturated heterocycles. The Morgan fingerprint density at radius 2 is 2.22 bits per heavy atom. The Kier molecular flexibility index (Phi) is 5.90. The first kappa shape index (κ1) is 18.7. The lowest BCUT2D eigenvalue weighted by Gasteiger charge is -2.19. The van der Waals surface area contributed by atoms with Crippen LogP contribution in [-0.2, 0) is 11.3 Å². The molecule has 7 nitrogen and oxygen atoms in total. The number of ether oxygens (including phenoxy) is 1. The van der Waals surface area contributed by atoms with E-state index >= 15 is 0 Å². The van der Waals surface area contributed by atoms with Crippen molar-refractivity contribution in [3.8, 4) is 5.75 Å². The van der Waals surface area contributed by atoms with Gasteiger partial charge in [0, 0.05) is 38.0 Å². The molecule has 142 valence electrons. The third kappa shape index (κ3) is 4.55. The molecule has 1 fully saturated rings. The van der Waals surface area contributed by atoms with Crippen molar-refractivity contribution >= 4 is 17.6 Å². The summed E-state index contributed by atoms with van der Waals surface area (Å²) in [6, 6.07) is 11.5. The Morgan fingerprint density at radius 3 is 2.96 bits per heavy atom. The lowest BCUT2D eigenvalue weighted by atomic mass is 10.2. The Morgan fingerprint density at radius 1 is 1.37 bits per heavy atom. The average molecular weight is 367 g/mol. The minimum absolute atomic E-state index is 0.0141. The van der Waals surface area contributed by atoms with Crippen molar-refractivity contribution in [2.75, 3.05) is 25.6 Å². The number of rotatable bonds is 5. The van der Waals surface area contributed by atoms with Crippen LogP contribution in [0.2, 0.25) is 0 Å². The van der Waals surface area contributed by atoms with Gasteiger partial charge in [0.05, 0.1) is 25.4 Å². The smallest absolute Gasteiger partial charge is 0.229 e. The van der Waals surface area contributed by atoms with Gasteiger partial charge in [-0.05, 0) is 30.7 Å². The number of anilines is 1. The normalized spacial score (nSPS) is 17.1. The molecule has 7 heteroatoms. The van der Waals surface area contributed by atoms with Crippen molar-refractivity contribution in [1.82, 2.24) is 15.6 Å². The topological polar surface area (TPSA) is 78.8 Å². The number of carbonyl (C=O) groups is 1. The molecule has 1 aromatic heterocycles. The number of aromatic nitrogens is 1. The van der Waals surface area contributed by atoms with Gasteiger partial charge >= 0.3 is 0 Å². The number of hydrogen-bond donors (Lipinski definition) is 2. The van der Waals surface area contributed by atoms with E-state index in [9.17, 15) is 4.79 Å². The fourth-order valence-electron chi connectivity index (χ4n) is 3.09. The molecule has 0 bridgehead atoms. The maximum Gasteiger partial charge on any atom is 0.229 e. The molecule has 2 N–H and O–H groups in total. The highest BCUT2D eigenvalue weighted by Gasteiger charge is 2.31. The molecule has 1 aliphatic rings. The maximum absolute atomic E-state index is 12.5. The van der Waals surface area contributed by atoms with Crippen LogP contribution >= 0.6 is 0 Å². The van der Waals surface area contributed by atoms with Gasteiger partial charge in [0.25, 0.3) is 0 Å². The number of carbonyl (C=O) groups excluding carboxylic acids is 1. The fourth-order valence-corrected chi connectivity index (χ4v) is 3.09.